The van der Waals surface area contributed by atoms with Crippen LogP contribution in [-0.4, -0.2) is 35.6 Å². The molecule has 0 spiro atoms. The Morgan fingerprint density at radius 2 is 1.84 bits per heavy atom. The van der Waals surface area contributed by atoms with Gasteiger partial charge in [-0.2, -0.15) is 0 Å². The van der Waals surface area contributed by atoms with Crippen molar-refractivity contribution in [3.05, 3.63) is 35.4 Å². The summed E-state index contributed by atoms with van der Waals surface area (Å²) in [5.74, 6) is 0.0152. The van der Waals surface area contributed by atoms with Crippen LogP contribution in [0.4, 0.5) is 0 Å². The third kappa shape index (κ3) is 4.06. The Labute approximate surface area is 116 Å². The van der Waals surface area contributed by atoms with Gasteiger partial charge in [-0.3, -0.25) is 4.79 Å². The van der Waals surface area contributed by atoms with E-state index >= 15 is 0 Å². The molecule has 0 aromatic heterocycles. The summed E-state index contributed by atoms with van der Waals surface area (Å²) in [5, 5.41) is 9.09. The van der Waals surface area contributed by atoms with Gasteiger partial charge in [0.2, 0.25) is 0 Å². The second-order valence-corrected chi connectivity index (χ2v) is 5.81. The SMILES string of the molecule is CCCN(CCO)C(=O)c1ccccc1C(C)(C)C. The van der Waals surface area contributed by atoms with Crippen molar-refractivity contribution in [1.82, 2.24) is 4.90 Å². The molecular formula is C16H25NO2. The summed E-state index contributed by atoms with van der Waals surface area (Å²) in [6, 6.07) is 7.75. The Balaban J connectivity index is 3.11. The summed E-state index contributed by atoms with van der Waals surface area (Å²) in [6.45, 7) is 9.43. The predicted octanol–water partition coefficient (Wildman–Crippen LogP) is 2.83. The predicted molar refractivity (Wildman–Crippen MR) is 78.4 cm³/mol. The van der Waals surface area contributed by atoms with Crippen molar-refractivity contribution >= 4 is 5.91 Å². The van der Waals surface area contributed by atoms with Crippen LogP contribution in [0.25, 0.3) is 0 Å². The zero-order chi connectivity index (χ0) is 14.5. The van der Waals surface area contributed by atoms with Crippen LogP contribution >= 0.6 is 0 Å². The van der Waals surface area contributed by atoms with Gasteiger partial charge in [-0.05, 0) is 23.5 Å². The van der Waals surface area contributed by atoms with Gasteiger partial charge >= 0.3 is 0 Å². The first kappa shape index (κ1) is 15.7. The van der Waals surface area contributed by atoms with Crippen LogP contribution in [0.5, 0.6) is 0 Å². The summed E-state index contributed by atoms with van der Waals surface area (Å²) in [6.07, 6.45) is 0.892. The van der Waals surface area contributed by atoms with E-state index < -0.39 is 0 Å². The van der Waals surface area contributed by atoms with E-state index in [9.17, 15) is 4.79 Å². The first-order valence-electron chi connectivity index (χ1n) is 6.91. The second-order valence-electron chi connectivity index (χ2n) is 5.81. The number of carbonyl (C=O) groups excluding carboxylic acids is 1. The van der Waals surface area contributed by atoms with Crippen LogP contribution in [0.3, 0.4) is 0 Å². The lowest BCUT2D eigenvalue weighted by atomic mass is 9.83. The minimum absolute atomic E-state index is 0.00340. The first-order valence-corrected chi connectivity index (χ1v) is 6.91. The molecule has 0 saturated heterocycles. The molecule has 0 saturated carbocycles. The van der Waals surface area contributed by atoms with Gasteiger partial charge in [-0.15, -0.1) is 0 Å². The maximum absolute atomic E-state index is 12.6. The molecule has 1 amide bonds. The van der Waals surface area contributed by atoms with Gasteiger partial charge in [0, 0.05) is 18.7 Å². The number of nitrogens with zero attached hydrogens (tertiary/aromatic N) is 1. The minimum atomic E-state index is -0.0661. The molecule has 0 atom stereocenters. The zero-order valence-corrected chi connectivity index (χ0v) is 12.4. The van der Waals surface area contributed by atoms with E-state index in [4.69, 9.17) is 5.11 Å². The number of aliphatic hydroxyl groups is 1. The highest BCUT2D eigenvalue weighted by Gasteiger charge is 2.23. The molecule has 1 aromatic carbocycles. The van der Waals surface area contributed by atoms with Crippen molar-refractivity contribution in [1.29, 1.82) is 0 Å². The summed E-state index contributed by atoms with van der Waals surface area (Å²) in [4.78, 5) is 14.3. The Kier molecular flexibility index (Phi) is 5.55. The summed E-state index contributed by atoms with van der Waals surface area (Å²) in [5.41, 5.74) is 1.74. The van der Waals surface area contributed by atoms with Gasteiger partial charge in [0.1, 0.15) is 0 Å². The monoisotopic (exact) mass is 263 g/mol. The maximum atomic E-state index is 12.6. The smallest absolute Gasteiger partial charge is 0.254 e. The molecule has 106 valence electrons. The van der Waals surface area contributed by atoms with Crippen molar-refractivity contribution < 1.29 is 9.90 Å². The Bertz CT molecular complexity index is 415. The molecule has 0 bridgehead atoms. The van der Waals surface area contributed by atoms with E-state index in [-0.39, 0.29) is 17.9 Å². The highest BCUT2D eigenvalue weighted by molar-refractivity contribution is 5.96. The third-order valence-electron chi connectivity index (χ3n) is 3.12. The molecule has 0 aliphatic carbocycles. The highest BCUT2D eigenvalue weighted by atomic mass is 16.3. The van der Waals surface area contributed by atoms with Gasteiger partial charge in [0.05, 0.1) is 6.61 Å². The number of rotatable bonds is 5. The van der Waals surface area contributed by atoms with Crippen molar-refractivity contribution in [2.75, 3.05) is 19.7 Å². The van der Waals surface area contributed by atoms with Crippen LogP contribution in [0.2, 0.25) is 0 Å². The average Bonchev–Trinajstić information content (AvgIpc) is 2.37. The molecule has 3 nitrogen and oxygen atoms in total. The second kappa shape index (κ2) is 6.71. The van der Waals surface area contributed by atoms with Crippen molar-refractivity contribution in [2.24, 2.45) is 0 Å². The van der Waals surface area contributed by atoms with Gasteiger partial charge < -0.3 is 10.0 Å². The molecule has 1 N–H and O–H groups in total. The van der Waals surface area contributed by atoms with E-state index in [0.29, 0.717) is 13.1 Å². The highest BCUT2D eigenvalue weighted by Crippen LogP contribution is 2.26. The van der Waals surface area contributed by atoms with Gasteiger partial charge in [-0.1, -0.05) is 45.9 Å². The summed E-state index contributed by atoms with van der Waals surface area (Å²) < 4.78 is 0. The number of aliphatic hydroxyl groups excluding tert-OH is 1. The largest absolute Gasteiger partial charge is 0.395 e. The van der Waals surface area contributed by atoms with Gasteiger partial charge in [-0.25, -0.2) is 0 Å². The van der Waals surface area contributed by atoms with Crippen LogP contribution in [0.1, 0.15) is 50.0 Å². The molecule has 19 heavy (non-hydrogen) atoms. The van der Waals surface area contributed by atoms with Crippen molar-refractivity contribution in [3.8, 4) is 0 Å². The molecule has 0 radical (unpaired) electrons. The lowest BCUT2D eigenvalue weighted by molar-refractivity contribution is 0.0719. The molecule has 0 fully saturated rings. The van der Waals surface area contributed by atoms with E-state index in [1.54, 1.807) is 4.90 Å². The zero-order valence-electron chi connectivity index (χ0n) is 12.4. The Morgan fingerprint density at radius 1 is 1.21 bits per heavy atom. The number of hydrogen-bond donors (Lipinski definition) is 1. The fraction of sp³-hybridized carbons (Fsp3) is 0.562. The first-order chi connectivity index (χ1) is 8.91. The molecule has 0 aliphatic rings. The normalized spacial score (nSPS) is 11.4. The standard InChI is InChI=1S/C16H25NO2/c1-5-10-17(11-12-18)15(19)13-8-6-7-9-14(13)16(2,3)4/h6-9,18H,5,10-12H2,1-4H3. The molecular weight excluding hydrogens is 238 g/mol. The summed E-state index contributed by atoms with van der Waals surface area (Å²) >= 11 is 0. The Hall–Kier alpha value is -1.35. The number of benzene rings is 1. The van der Waals surface area contributed by atoms with E-state index in [1.807, 2.05) is 31.2 Å². The molecule has 1 aromatic rings. The fourth-order valence-corrected chi connectivity index (χ4v) is 2.20. The third-order valence-corrected chi connectivity index (χ3v) is 3.12. The van der Waals surface area contributed by atoms with Gasteiger partial charge in [0.15, 0.2) is 0 Å². The molecule has 0 heterocycles. The van der Waals surface area contributed by atoms with E-state index in [2.05, 4.69) is 20.8 Å². The maximum Gasteiger partial charge on any atom is 0.254 e. The topological polar surface area (TPSA) is 40.5 Å². The molecule has 0 unspecified atom stereocenters. The lowest BCUT2D eigenvalue weighted by Gasteiger charge is -2.26. The quantitative estimate of drug-likeness (QED) is 0.887. The van der Waals surface area contributed by atoms with Crippen molar-refractivity contribution in [2.45, 2.75) is 39.5 Å². The number of carbonyl (C=O) groups is 1. The van der Waals surface area contributed by atoms with E-state index in [1.165, 1.54) is 0 Å². The van der Waals surface area contributed by atoms with Crippen LogP contribution in [-0.2, 0) is 5.41 Å². The summed E-state index contributed by atoms with van der Waals surface area (Å²) in [7, 11) is 0. The fourth-order valence-electron chi connectivity index (χ4n) is 2.20. The van der Waals surface area contributed by atoms with Gasteiger partial charge in [0.25, 0.3) is 5.91 Å². The van der Waals surface area contributed by atoms with Crippen LogP contribution < -0.4 is 0 Å². The molecule has 1 rings (SSSR count). The minimum Gasteiger partial charge on any atom is -0.395 e. The average molecular weight is 263 g/mol. The van der Waals surface area contributed by atoms with Crippen LogP contribution in [0.15, 0.2) is 24.3 Å². The molecule has 3 heteroatoms. The number of hydrogen-bond acceptors (Lipinski definition) is 2. The Morgan fingerprint density at radius 3 is 2.37 bits per heavy atom. The van der Waals surface area contributed by atoms with Crippen LogP contribution in [0, 0.1) is 0 Å². The van der Waals surface area contributed by atoms with E-state index in [0.717, 1.165) is 17.5 Å². The molecule has 0 aliphatic heterocycles. The van der Waals surface area contributed by atoms with Crippen molar-refractivity contribution in [3.63, 3.8) is 0 Å². The lowest BCUT2D eigenvalue weighted by Crippen LogP contribution is -2.35. The number of amides is 1.